The lowest BCUT2D eigenvalue weighted by Gasteiger charge is -2.19. The molecule has 4 heteroatoms. The van der Waals surface area contributed by atoms with E-state index in [9.17, 15) is 0 Å². The maximum atomic E-state index is 4.43. The van der Waals surface area contributed by atoms with E-state index in [0.717, 1.165) is 31.4 Å². The lowest BCUT2D eigenvalue weighted by molar-refractivity contribution is 0.266. The standard InChI is InChI=1S/C14H26N4/c1-4-18(14-5-6-14)8-7-17-10-13(16-11-17)9-15-12(2)3/h10-12,14-15H,4-9H2,1-3H3. The highest BCUT2D eigenvalue weighted by Gasteiger charge is 2.27. The van der Waals surface area contributed by atoms with Crippen LogP contribution in [0, 0.1) is 0 Å². The quantitative estimate of drug-likeness (QED) is 0.764. The molecule has 4 nitrogen and oxygen atoms in total. The van der Waals surface area contributed by atoms with Crippen LogP contribution < -0.4 is 5.32 Å². The van der Waals surface area contributed by atoms with Gasteiger partial charge in [-0.2, -0.15) is 0 Å². The van der Waals surface area contributed by atoms with E-state index < -0.39 is 0 Å². The Morgan fingerprint density at radius 2 is 2.28 bits per heavy atom. The summed E-state index contributed by atoms with van der Waals surface area (Å²) >= 11 is 0. The van der Waals surface area contributed by atoms with Crippen LogP contribution in [0.15, 0.2) is 12.5 Å². The summed E-state index contributed by atoms with van der Waals surface area (Å²) in [4.78, 5) is 7.01. The zero-order valence-corrected chi connectivity index (χ0v) is 11.9. The molecule has 1 aliphatic carbocycles. The van der Waals surface area contributed by atoms with Gasteiger partial charge in [-0.3, -0.25) is 4.90 Å². The average Bonchev–Trinajstić information content (AvgIpc) is 3.07. The number of nitrogens with one attached hydrogen (secondary N) is 1. The molecule has 1 heterocycles. The van der Waals surface area contributed by atoms with Gasteiger partial charge in [-0.15, -0.1) is 0 Å². The predicted octanol–water partition coefficient (Wildman–Crippen LogP) is 1.87. The van der Waals surface area contributed by atoms with Gasteiger partial charge in [0.1, 0.15) is 0 Å². The Hall–Kier alpha value is -0.870. The van der Waals surface area contributed by atoms with Gasteiger partial charge in [-0.05, 0) is 19.4 Å². The van der Waals surface area contributed by atoms with Gasteiger partial charge in [0.2, 0.25) is 0 Å². The third-order valence-corrected chi connectivity index (χ3v) is 3.49. The molecule has 102 valence electrons. The van der Waals surface area contributed by atoms with Gasteiger partial charge in [0.25, 0.3) is 0 Å². The zero-order valence-electron chi connectivity index (χ0n) is 11.9. The Balaban J connectivity index is 1.75. The Morgan fingerprint density at radius 3 is 2.89 bits per heavy atom. The van der Waals surface area contributed by atoms with Crippen LogP contribution in [-0.4, -0.2) is 39.6 Å². The second kappa shape index (κ2) is 6.34. The molecule has 1 N–H and O–H groups in total. The molecule has 1 aromatic heterocycles. The monoisotopic (exact) mass is 250 g/mol. The number of aromatic nitrogens is 2. The van der Waals surface area contributed by atoms with Crippen LogP contribution in [-0.2, 0) is 13.1 Å². The highest BCUT2D eigenvalue weighted by Crippen LogP contribution is 2.26. The third-order valence-electron chi connectivity index (χ3n) is 3.49. The molecular weight excluding hydrogens is 224 g/mol. The summed E-state index contributed by atoms with van der Waals surface area (Å²) in [6, 6.07) is 1.38. The molecule has 18 heavy (non-hydrogen) atoms. The number of rotatable bonds is 8. The van der Waals surface area contributed by atoms with Crippen molar-refractivity contribution >= 4 is 0 Å². The van der Waals surface area contributed by atoms with Crippen molar-refractivity contribution in [2.75, 3.05) is 13.1 Å². The second-order valence-electron chi connectivity index (χ2n) is 5.50. The molecule has 0 atom stereocenters. The molecule has 1 aromatic rings. The average molecular weight is 250 g/mol. The van der Waals surface area contributed by atoms with Gasteiger partial charge < -0.3 is 9.88 Å². The highest BCUT2D eigenvalue weighted by atomic mass is 15.2. The summed E-state index contributed by atoms with van der Waals surface area (Å²) in [6.07, 6.45) is 6.90. The number of likely N-dealkylation sites (N-methyl/N-ethyl adjacent to an activating group) is 1. The van der Waals surface area contributed by atoms with E-state index in [1.165, 1.54) is 19.4 Å². The molecule has 0 bridgehead atoms. The molecule has 0 aromatic carbocycles. The van der Waals surface area contributed by atoms with E-state index in [-0.39, 0.29) is 0 Å². The lowest BCUT2D eigenvalue weighted by Crippen LogP contribution is -2.29. The van der Waals surface area contributed by atoms with E-state index in [1.54, 1.807) is 0 Å². The molecule has 2 rings (SSSR count). The van der Waals surface area contributed by atoms with Crippen molar-refractivity contribution in [3.05, 3.63) is 18.2 Å². The lowest BCUT2D eigenvalue weighted by atomic mass is 10.3. The summed E-state index contributed by atoms with van der Waals surface area (Å²) in [7, 11) is 0. The van der Waals surface area contributed by atoms with Crippen LogP contribution in [0.2, 0.25) is 0 Å². The van der Waals surface area contributed by atoms with Gasteiger partial charge in [-0.1, -0.05) is 20.8 Å². The van der Waals surface area contributed by atoms with Crippen molar-refractivity contribution in [1.29, 1.82) is 0 Å². The second-order valence-corrected chi connectivity index (χ2v) is 5.50. The third kappa shape index (κ3) is 4.10. The van der Waals surface area contributed by atoms with Crippen molar-refractivity contribution in [3.8, 4) is 0 Å². The van der Waals surface area contributed by atoms with Crippen molar-refractivity contribution in [2.45, 2.75) is 58.8 Å². The molecule has 0 amide bonds. The van der Waals surface area contributed by atoms with E-state index >= 15 is 0 Å². The number of nitrogens with zero attached hydrogens (tertiary/aromatic N) is 3. The summed E-state index contributed by atoms with van der Waals surface area (Å²) < 4.78 is 2.21. The molecule has 1 aliphatic rings. The van der Waals surface area contributed by atoms with Gasteiger partial charge in [0.05, 0.1) is 12.0 Å². The van der Waals surface area contributed by atoms with E-state index in [4.69, 9.17) is 0 Å². The van der Waals surface area contributed by atoms with Crippen molar-refractivity contribution < 1.29 is 0 Å². The summed E-state index contributed by atoms with van der Waals surface area (Å²) in [5.74, 6) is 0. The van der Waals surface area contributed by atoms with Crippen LogP contribution in [0.1, 0.15) is 39.3 Å². The van der Waals surface area contributed by atoms with Crippen LogP contribution in [0.4, 0.5) is 0 Å². The smallest absolute Gasteiger partial charge is 0.0950 e. The largest absolute Gasteiger partial charge is 0.336 e. The van der Waals surface area contributed by atoms with Gasteiger partial charge >= 0.3 is 0 Å². The van der Waals surface area contributed by atoms with Crippen LogP contribution >= 0.6 is 0 Å². The molecule has 0 spiro atoms. The fourth-order valence-corrected chi connectivity index (χ4v) is 2.21. The van der Waals surface area contributed by atoms with Gasteiger partial charge in [-0.25, -0.2) is 4.98 Å². The van der Waals surface area contributed by atoms with E-state index in [1.807, 2.05) is 6.33 Å². The van der Waals surface area contributed by atoms with Crippen molar-refractivity contribution in [3.63, 3.8) is 0 Å². The van der Waals surface area contributed by atoms with Crippen molar-refractivity contribution in [1.82, 2.24) is 19.8 Å². The maximum absolute atomic E-state index is 4.43. The molecule has 0 saturated heterocycles. The summed E-state index contributed by atoms with van der Waals surface area (Å²) in [5.41, 5.74) is 1.14. The minimum atomic E-state index is 0.514. The Bertz CT molecular complexity index is 354. The fourth-order valence-electron chi connectivity index (χ4n) is 2.21. The molecule has 0 radical (unpaired) electrons. The van der Waals surface area contributed by atoms with E-state index in [2.05, 4.69) is 46.7 Å². The number of hydrogen-bond acceptors (Lipinski definition) is 3. The zero-order chi connectivity index (χ0) is 13.0. The predicted molar refractivity (Wildman–Crippen MR) is 74.5 cm³/mol. The SMILES string of the molecule is CCN(CCn1cnc(CNC(C)C)c1)C1CC1. The first-order valence-electron chi connectivity index (χ1n) is 7.17. The first-order valence-corrected chi connectivity index (χ1v) is 7.17. The maximum Gasteiger partial charge on any atom is 0.0950 e. The molecule has 0 aliphatic heterocycles. The van der Waals surface area contributed by atoms with Crippen LogP contribution in [0.3, 0.4) is 0 Å². The summed E-state index contributed by atoms with van der Waals surface area (Å²) in [6.45, 7) is 10.8. The molecule has 0 unspecified atom stereocenters. The Morgan fingerprint density at radius 1 is 1.50 bits per heavy atom. The van der Waals surface area contributed by atoms with Crippen LogP contribution in [0.25, 0.3) is 0 Å². The minimum absolute atomic E-state index is 0.514. The minimum Gasteiger partial charge on any atom is -0.336 e. The normalized spacial score (nSPS) is 15.8. The molecule has 1 saturated carbocycles. The number of hydrogen-bond donors (Lipinski definition) is 1. The fraction of sp³-hybridized carbons (Fsp3) is 0.786. The Labute approximate surface area is 110 Å². The Kier molecular flexibility index (Phi) is 4.78. The first kappa shape index (κ1) is 13.6. The first-order chi connectivity index (χ1) is 8.69. The molecule has 1 fully saturated rings. The summed E-state index contributed by atoms with van der Waals surface area (Å²) in [5, 5.41) is 3.39. The highest BCUT2D eigenvalue weighted by molar-refractivity contribution is 4.96. The van der Waals surface area contributed by atoms with Crippen LogP contribution in [0.5, 0.6) is 0 Å². The number of imidazole rings is 1. The van der Waals surface area contributed by atoms with Gasteiger partial charge in [0, 0.05) is 37.9 Å². The topological polar surface area (TPSA) is 33.1 Å². The van der Waals surface area contributed by atoms with E-state index in [0.29, 0.717) is 6.04 Å². The van der Waals surface area contributed by atoms with Crippen molar-refractivity contribution in [2.24, 2.45) is 0 Å². The molecular formula is C14H26N4. The van der Waals surface area contributed by atoms with Gasteiger partial charge in [0.15, 0.2) is 0 Å².